The van der Waals surface area contributed by atoms with E-state index in [1.165, 1.54) is 12.8 Å². The molecule has 6 nitrogen and oxygen atoms in total. The van der Waals surface area contributed by atoms with Gasteiger partial charge in [0, 0.05) is 32.6 Å². The number of fused-ring (bicyclic) bond motifs is 1. The van der Waals surface area contributed by atoms with Crippen LogP contribution in [0.5, 0.6) is 11.5 Å². The quantitative estimate of drug-likeness (QED) is 0.139. The first-order valence-corrected chi connectivity index (χ1v) is 13.4. The SMILES string of the molecule is CCOC(=O)Oc1ccc(-c2sc3ccccc3c2C(=O)c2ccc(OCCN3CCCC3)cc2)cc1. The lowest BCUT2D eigenvalue weighted by atomic mass is 9.97. The van der Waals surface area contributed by atoms with Gasteiger partial charge in [-0.1, -0.05) is 18.2 Å². The van der Waals surface area contributed by atoms with Gasteiger partial charge in [-0.2, -0.15) is 0 Å². The molecule has 5 rings (SSSR count). The number of ketones is 1. The van der Waals surface area contributed by atoms with Crippen molar-refractivity contribution in [3.05, 3.63) is 83.9 Å². The summed E-state index contributed by atoms with van der Waals surface area (Å²) in [5.41, 5.74) is 2.16. The number of likely N-dealkylation sites (tertiary alicyclic amines) is 1. The normalized spacial score (nSPS) is 13.5. The fraction of sp³-hybridized carbons (Fsp3) is 0.267. The molecule has 0 unspecified atom stereocenters. The minimum Gasteiger partial charge on any atom is -0.492 e. The monoisotopic (exact) mass is 515 g/mol. The van der Waals surface area contributed by atoms with Gasteiger partial charge in [-0.05, 0) is 93.0 Å². The van der Waals surface area contributed by atoms with Crippen molar-refractivity contribution in [3.63, 3.8) is 0 Å². The van der Waals surface area contributed by atoms with Crippen LogP contribution in [0, 0.1) is 0 Å². The zero-order valence-electron chi connectivity index (χ0n) is 20.8. The molecule has 1 fully saturated rings. The molecule has 0 bridgehead atoms. The second-order valence-corrected chi connectivity index (χ2v) is 9.91. The van der Waals surface area contributed by atoms with E-state index in [9.17, 15) is 9.59 Å². The predicted octanol–water partition coefficient (Wildman–Crippen LogP) is 6.81. The molecule has 37 heavy (non-hydrogen) atoms. The molecule has 0 amide bonds. The van der Waals surface area contributed by atoms with Gasteiger partial charge in [0.05, 0.1) is 6.61 Å². The van der Waals surface area contributed by atoms with Crippen molar-refractivity contribution in [1.29, 1.82) is 0 Å². The molecule has 1 aliphatic rings. The molecule has 0 N–H and O–H groups in total. The van der Waals surface area contributed by atoms with Gasteiger partial charge in [-0.15, -0.1) is 11.3 Å². The standard InChI is InChI=1S/C30H29NO5S/c1-2-34-30(33)36-24-15-11-22(12-16-24)29-27(25-7-3-4-8-26(25)37-29)28(32)21-9-13-23(14-10-21)35-20-19-31-17-5-6-18-31/h3-4,7-16H,2,5-6,17-20H2,1H3. The summed E-state index contributed by atoms with van der Waals surface area (Å²) in [6.07, 6.45) is 1.79. The van der Waals surface area contributed by atoms with Crippen LogP contribution < -0.4 is 9.47 Å². The Bertz CT molecular complexity index is 1370. The molecule has 0 spiro atoms. The molecule has 3 aromatic carbocycles. The molecule has 190 valence electrons. The zero-order chi connectivity index (χ0) is 25.6. The van der Waals surface area contributed by atoms with Crippen LogP contribution in [-0.4, -0.2) is 49.7 Å². The first kappa shape index (κ1) is 25.0. The van der Waals surface area contributed by atoms with E-state index in [0.717, 1.165) is 45.9 Å². The molecule has 0 atom stereocenters. The average molecular weight is 516 g/mol. The van der Waals surface area contributed by atoms with E-state index < -0.39 is 6.16 Å². The van der Waals surface area contributed by atoms with Gasteiger partial charge >= 0.3 is 6.16 Å². The van der Waals surface area contributed by atoms with Crippen LogP contribution in [0.4, 0.5) is 4.79 Å². The van der Waals surface area contributed by atoms with Crippen molar-refractivity contribution in [3.8, 4) is 21.9 Å². The van der Waals surface area contributed by atoms with E-state index in [0.29, 0.717) is 23.5 Å². The van der Waals surface area contributed by atoms with Crippen molar-refractivity contribution >= 4 is 33.4 Å². The predicted molar refractivity (Wildman–Crippen MR) is 146 cm³/mol. The third-order valence-corrected chi connectivity index (χ3v) is 7.61. The average Bonchev–Trinajstić information content (AvgIpc) is 3.57. The van der Waals surface area contributed by atoms with Crippen molar-refractivity contribution in [1.82, 2.24) is 4.90 Å². The number of carbonyl (C=O) groups excluding carboxylic acids is 2. The summed E-state index contributed by atoms with van der Waals surface area (Å²) >= 11 is 1.57. The Hall–Kier alpha value is -3.68. The number of rotatable bonds is 9. The molecule has 0 radical (unpaired) electrons. The Morgan fingerprint density at radius 1 is 0.892 bits per heavy atom. The molecule has 0 saturated carbocycles. The molecule has 4 aromatic rings. The number of ether oxygens (including phenoxy) is 3. The Kier molecular flexibility index (Phi) is 7.82. The fourth-order valence-electron chi connectivity index (χ4n) is 4.54. The molecule has 7 heteroatoms. The minimum atomic E-state index is -0.739. The number of hydrogen-bond donors (Lipinski definition) is 0. The van der Waals surface area contributed by atoms with Crippen molar-refractivity contribution in [2.24, 2.45) is 0 Å². The van der Waals surface area contributed by atoms with Crippen molar-refractivity contribution in [2.75, 3.05) is 32.8 Å². The second kappa shape index (κ2) is 11.6. The highest BCUT2D eigenvalue weighted by Gasteiger charge is 2.22. The van der Waals surface area contributed by atoms with E-state index in [1.807, 2.05) is 60.7 Å². The summed E-state index contributed by atoms with van der Waals surface area (Å²) < 4.78 is 17.0. The third kappa shape index (κ3) is 5.84. The number of nitrogens with zero attached hydrogens (tertiary/aromatic N) is 1. The Labute approximate surface area is 220 Å². The molecule has 1 saturated heterocycles. The minimum absolute atomic E-state index is 0.0390. The molecule has 1 aromatic heterocycles. The summed E-state index contributed by atoms with van der Waals surface area (Å²) in [5.74, 6) is 1.11. The number of benzene rings is 3. The van der Waals surface area contributed by atoms with Gasteiger partial charge < -0.3 is 14.2 Å². The first-order valence-electron chi connectivity index (χ1n) is 12.6. The van der Waals surface area contributed by atoms with Crippen LogP contribution in [0.25, 0.3) is 20.5 Å². The topological polar surface area (TPSA) is 65.1 Å². The molecule has 1 aliphatic heterocycles. The Morgan fingerprint density at radius 2 is 1.59 bits per heavy atom. The van der Waals surface area contributed by atoms with E-state index in [-0.39, 0.29) is 12.4 Å². The van der Waals surface area contributed by atoms with Gasteiger partial charge in [-0.25, -0.2) is 4.79 Å². The number of carbonyl (C=O) groups is 2. The first-order chi connectivity index (χ1) is 18.1. The van der Waals surface area contributed by atoms with E-state index in [4.69, 9.17) is 14.2 Å². The van der Waals surface area contributed by atoms with Crippen molar-refractivity contribution < 1.29 is 23.8 Å². The number of hydrogen-bond acceptors (Lipinski definition) is 7. The summed E-state index contributed by atoms with van der Waals surface area (Å²) in [4.78, 5) is 28.7. The summed E-state index contributed by atoms with van der Waals surface area (Å²) in [6, 6.07) is 22.5. The highest BCUT2D eigenvalue weighted by Crippen LogP contribution is 2.40. The van der Waals surface area contributed by atoms with E-state index >= 15 is 0 Å². The summed E-state index contributed by atoms with van der Waals surface area (Å²) in [6.45, 7) is 5.83. The van der Waals surface area contributed by atoms with Gasteiger partial charge in [-0.3, -0.25) is 9.69 Å². The molecular formula is C30H29NO5S. The van der Waals surface area contributed by atoms with Crippen LogP contribution in [0.15, 0.2) is 72.8 Å². The molecule has 0 aliphatic carbocycles. The fourth-order valence-corrected chi connectivity index (χ4v) is 5.74. The van der Waals surface area contributed by atoms with Crippen LogP contribution in [-0.2, 0) is 4.74 Å². The number of thiophene rings is 1. The molecular weight excluding hydrogens is 486 g/mol. The van der Waals surface area contributed by atoms with Gasteiger partial charge in [0.2, 0.25) is 0 Å². The highest BCUT2D eigenvalue weighted by atomic mass is 32.1. The summed E-state index contributed by atoms with van der Waals surface area (Å²) in [5, 5.41) is 0.922. The Balaban J connectivity index is 1.37. The zero-order valence-corrected chi connectivity index (χ0v) is 21.6. The second-order valence-electron chi connectivity index (χ2n) is 8.86. The largest absolute Gasteiger partial charge is 0.513 e. The van der Waals surface area contributed by atoms with Gasteiger partial charge in [0.1, 0.15) is 18.1 Å². The Morgan fingerprint density at radius 3 is 2.32 bits per heavy atom. The lowest BCUT2D eigenvalue weighted by molar-refractivity contribution is 0.103. The van der Waals surface area contributed by atoms with Gasteiger partial charge in [0.15, 0.2) is 5.78 Å². The highest BCUT2D eigenvalue weighted by molar-refractivity contribution is 7.22. The maximum absolute atomic E-state index is 13.8. The molecule has 2 heterocycles. The maximum atomic E-state index is 13.8. The lowest BCUT2D eigenvalue weighted by Gasteiger charge is -2.15. The van der Waals surface area contributed by atoms with E-state index in [2.05, 4.69) is 4.90 Å². The van der Waals surface area contributed by atoms with Crippen LogP contribution in [0.1, 0.15) is 35.7 Å². The van der Waals surface area contributed by atoms with Crippen LogP contribution in [0.3, 0.4) is 0 Å². The van der Waals surface area contributed by atoms with Crippen LogP contribution >= 0.6 is 11.3 Å². The van der Waals surface area contributed by atoms with Gasteiger partial charge in [0.25, 0.3) is 0 Å². The third-order valence-electron chi connectivity index (χ3n) is 6.39. The van der Waals surface area contributed by atoms with Crippen molar-refractivity contribution in [2.45, 2.75) is 19.8 Å². The lowest BCUT2D eigenvalue weighted by Crippen LogP contribution is -2.25. The smallest absolute Gasteiger partial charge is 0.492 e. The maximum Gasteiger partial charge on any atom is 0.513 e. The van der Waals surface area contributed by atoms with Crippen LogP contribution in [0.2, 0.25) is 0 Å². The van der Waals surface area contributed by atoms with E-state index in [1.54, 1.807) is 30.4 Å². The summed E-state index contributed by atoms with van der Waals surface area (Å²) in [7, 11) is 0.